The molecule has 0 spiro atoms. The van der Waals surface area contributed by atoms with Crippen LogP contribution in [-0.4, -0.2) is 31.7 Å². The van der Waals surface area contributed by atoms with Crippen LogP contribution in [0.2, 0.25) is 0 Å². The molecule has 0 aliphatic carbocycles. The standard InChI is InChI=1S/C25H16N4O3S/c30-22(16-13-27-17-6-2-1-5-15(16)17)20-21(14-9-11-26-12-10-14)29(24(32)23(20)31)25-28-18-7-3-4-8-19(18)33-25/h1-13,21,27,30H/b22-20+. The lowest BCUT2D eigenvalue weighted by atomic mass is 9.96. The van der Waals surface area contributed by atoms with E-state index in [1.54, 1.807) is 30.7 Å². The minimum Gasteiger partial charge on any atom is -0.507 e. The van der Waals surface area contributed by atoms with Crippen molar-refractivity contribution in [2.45, 2.75) is 6.04 Å². The van der Waals surface area contributed by atoms with Gasteiger partial charge in [0.15, 0.2) is 5.13 Å². The smallest absolute Gasteiger partial charge is 0.301 e. The van der Waals surface area contributed by atoms with E-state index < -0.39 is 17.7 Å². The summed E-state index contributed by atoms with van der Waals surface area (Å²) in [4.78, 5) is 39.7. The molecule has 1 unspecified atom stereocenters. The number of amides is 1. The third-order valence-electron chi connectivity index (χ3n) is 5.80. The van der Waals surface area contributed by atoms with Gasteiger partial charge in [-0.2, -0.15) is 0 Å². The first-order chi connectivity index (χ1) is 16.1. The highest BCUT2D eigenvalue weighted by Crippen LogP contribution is 2.44. The van der Waals surface area contributed by atoms with Crippen LogP contribution in [0.25, 0.3) is 26.9 Å². The average Bonchev–Trinajstić information content (AvgIpc) is 3.53. The highest BCUT2D eigenvalue weighted by molar-refractivity contribution is 7.22. The van der Waals surface area contributed by atoms with E-state index in [1.807, 2.05) is 48.5 Å². The number of aromatic amines is 1. The molecule has 0 saturated carbocycles. The van der Waals surface area contributed by atoms with Crippen molar-refractivity contribution in [2.75, 3.05) is 4.90 Å². The number of Topliss-reactive ketones (excluding diaryl/α,β-unsaturated/α-hetero) is 1. The van der Waals surface area contributed by atoms with Gasteiger partial charge in [-0.05, 0) is 35.9 Å². The fourth-order valence-corrected chi connectivity index (χ4v) is 5.26. The van der Waals surface area contributed by atoms with E-state index in [9.17, 15) is 14.7 Å². The van der Waals surface area contributed by atoms with Gasteiger partial charge in [-0.1, -0.05) is 41.7 Å². The zero-order chi connectivity index (χ0) is 22.5. The number of hydrogen-bond acceptors (Lipinski definition) is 6. The molecule has 1 saturated heterocycles. The van der Waals surface area contributed by atoms with E-state index in [0.717, 1.165) is 21.1 Å². The summed E-state index contributed by atoms with van der Waals surface area (Å²) in [6, 6.07) is 17.7. The van der Waals surface area contributed by atoms with Gasteiger partial charge in [-0.25, -0.2) is 4.98 Å². The Balaban J connectivity index is 1.59. The average molecular weight is 452 g/mol. The highest BCUT2D eigenvalue weighted by atomic mass is 32.1. The van der Waals surface area contributed by atoms with Crippen LogP contribution in [0, 0.1) is 0 Å². The summed E-state index contributed by atoms with van der Waals surface area (Å²) in [6.45, 7) is 0. The van der Waals surface area contributed by atoms with Gasteiger partial charge in [0.2, 0.25) is 0 Å². The van der Waals surface area contributed by atoms with Gasteiger partial charge in [0.25, 0.3) is 5.78 Å². The van der Waals surface area contributed by atoms with Crippen molar-refractivity contribution in [3.05, 3.63) is 96.0 Å². The Kier molecular flexibility index (Phi) is 4.34. The number of ketones is 1. The first kappa shape index (κ1) is 19.4. The van der Waals surface area contributed by atoms with E-state index in [-0.39, 0.29) is 11.3 Å². The number of para-hydroxylation sites is 2. The van der Waals surface area contributed by atoms with Crippen LogP contribution in [0.3, 0.4) is 0 Å². The van der Waals surface area contributed by atoms with Crippen LogP contribution in [-0.2, 0) is 9.59 Å². The molecule has 7 nitrogen and oxygen atoms in total. The molecule has 160 valence electrons. The molecule has 5 aromatic rings. The molecule has 1 aliphatic rings. The first-order valence-corrected chi connectivity index (χ1v) is 11.1. The topological polar surface area (TPSA) is 99.2 Å². The van der Waals surface area contributed by atoms with Crippen molar-refractivity contribution >= 4 is 55.0 Å². The predicted molar refractivity (Wildman–Crippen MR) is 127 cm³/mol. The number of H-pyrrole nitrogens is 1. The van der Waals surface area contributed by atoms with E-state index >= 15 is 0 Å². The summed E-state index contributed by atoms with van der Waals surface area (Å²) in [6.07, 6.45) is 4.84. The number of nitrogens with zero attached hydrogens (tertiary/aromatic N) is 3. The molecule has 0 radical (unpaired) electrons. The van der Waals surface area contributed by atoms with Crippen LogP contribution in [0.4, 0.5) is 5.13 Å². The number of thiazole rings is 1. The SMILES string of the molecule is O=C1C(=O)N(c2nc3ccccc3s2)C(c2ccncc2)/C1=C(\O)c1c[nH]c2ccccc12. The number of carbonyl (C=O) groups excluding carboxylic acids is 2. The fraction of sp³-hybridized carbons (Fsp3) is 0.0400. The summed E-state index contributed by atoms with van der Waals surface area (Å²) in [5.41, 5.74) is 2.71. The predicted octanol–water partition coefficient (Wildman–Crippen LogP) is 4.80. The van der Waals surface area contributed by atoms with Crippen molar-refractivity contribution < 1.29 is 14.7 Å². The lowest BCUT2D eigenvalue weighted by Gasteiger charge is -2.22. The number of benzene rings is 2. The largest absolute Gasteiger partial charge is 0.507 e. The van der Waals surface area contributed by atoms with Crippen LogP contribution >= 0.6 is 11.3 Å². The monoisotopic (exact) mass is 452 g/mol. The second-order valence-corrected chi connectivity index (χ2v) is 8.67. The number of anilines is 1. The number of aliphatic hydroxyl groups excluding tert-OH is 1. The molecule has 0 bridgehead atoms. The number of hydrogen-bond donors (Lipinski definition) is 2. The lowest BCUT2D eigenvalue weighted by molar-refractivity contribution is -0.132. The van der Waals surface area contributed by atoms with Crippen LogP contribution < -0.4 is 4.90 Å². The van der Waals surface area contributed by atoms with Crippen LogP contribution in [0.15, 0.2) is 84.8 Å². The summed E-state index contributed by atoms with van der Waals surface area (Å²) in [5, 5.41) is 12.5. The Morgan fingerprint density at radius 1 is 1.00 bits per heavy atom. The molecule has 3 aromatic heterocycles. The van der Waals surface area contributed by atoms with E-state index in [1.165, 1.54) is 16.2 Å². The quantitative estimate of drug-likeness (QED) is 0.233. The summed E-state index contributed by atoms with van der Waals surface area (Å²) < 4.78 is 0.902. The second kappa shape index (κ2) is 7.39. The first-order valence-electron chi connectivity index (χ1n) is 10.3. The molecule has 1 atom stereocenters. The zero-order valence-electron chi connectivity index (χ0n) is 17.1. The molecular weight excluding hydrogens is 436 g/mol. The Hall–Kier alpha value is -4.30. The van der Waals surface area contributed by atoms with Crippen molar-refractivity contribution in [2.24, 2.45) is 0 Å². The van der Waals surface area contributed by atoms with Crippen molar-refractivity contribution in [1.82, 2.24) is 15.0 Å². The molecule has 2 N–H and O–H groups in total. The van der Waals surface area contributed by atoms with Crippen LogP contribution in [0.1, 0.15) is 17.2 Å². The minimum atomic E-state index is -0.831. The summed E-state index contributed by atoms with van der Waals surface area (Å²) in [7, 11) is 0. The van der Waals surface area contributed by atoms with Gasteiger partial charge >= 0.3 is 5.91 Å². The van der Waals surface area contributed by atoms with Gasteiger partial charge in [0.1, 0.15) is 5.76 Å². The van der Waals surface area contributed by atoms with Crippen molar-refractivity contribution in [3.63, 3.8) is 0 Å². The van der Waals surface area contributed by atoms with Crippen molar-refractivity contribution in [3.8, 4) is 0 Å². The van der Waals surface area contributed by atoms with Gasteiger partial charge in [0.05, 0.1) is 21.8 Å². The van der Waals surface area contributed by atoms with Gasteiger partial charge in [0, 0.05) is 35.1 Å². The highest BCUT2D eigenvalue weighted by Gasteiger charge is 2.48. The summed E-state index contributed by atoms with van der Waals surface area (Å²) in [5.74, 6) is -1.70. The van der Waals surface area contributed by atoms with Crippen molar-refractivity contribution in [1.29, 1.82) is 0 Å². The number of fused-ring (bicyclic) bond motifs is 2. The molecule has 33 heavy (non-hydrogen) atoms. The fourth-order valence-electron chi connectivity index (χ4n) is 4.27. The van der Waals surface area contributed by atoms with Crippen LogP contribution in [0.5, 0.6) is 0 Å². The van der Waals surface area contributed by atoms with Gasteiger partial charge in [-0.15, -0.1) is 0 Å². The Morgan fingerprint density at radius 2 is 1.76 bits per heavy atom. The minimum absolute atomic E-state index is 0.0233. The molecule has 6 rings (SSSR count). The third-order valence-corrected chi connectivity index (χ3v) is 6.84. The zero-order valence-corrected chi connectivity index (χ0v) is 17.9. The number of aromatic nitrogens is 3. The van der Waals surface area contributed by atoms with E-state index in [0.29, 0.717) is 16.3 Å². The molecule has 1 amide bonds. The number of pyridine rings is 1. The normalized spacial score (nSPS) is 17.9. The molecule has 2 aromatic carbocycles. The number of nitrogens with one attached hydrogen (secondary N) is 1. The van der Waals surface area contributed by atoms with Gasteiger partial charge < -0.3 is 10.1 Å². The Bertz CT molecular complexity index is 1550. The Labute approximate surface area is 191 Å². The third kappa shape index (κ3) is 2.95. The maximum absolute atomic E-state index is 13.3. The number of aliphatic hydroxyl groups is 1. The molecule has 1 fully saturated rings. The maximum atomic E-state index is 13.3. The van der Waals surface area contributed by atoms with Gasteiger partial charge in [-0.3, -0.25) is 19.5 Å². The van der Waals surface area contributed by atoms with E-state index in [4.69, 9.17) is 0 Å². The molecule has 4 heterocycles. The van der Waals surface area contributed by atoms with E-state index in [2.05, 4.69) is 15.0 Å². The maximum Gasteiger partial charge on any atom is 0.301 e. The number of rotatable bonds is 3. The molecule has 1 aliphatic heterocycles. The molecule has 8 heteroatoms. The lowest BCUT2D eigenvalue weighted by Crippen LogP contribution is -2.29. The second-order valence-electron chi connectivity index (χ2n) is 7.66. The molecular formula is C25H16N4O3S. The Morgan fingerprint density at radius 3 is 2.58 bits per heavy atom. The summed E-state index contributed by atoms with van der Waals surface area (Å²) >= 11 is 1.33. The number of carbonyl (C=O) groups is 2.